The fourth-order valence-corrected chi connectivity index (χ4v) is 2.40. The molecule has 2 unspecified atom stereocenters. The van der Waals surface area contributed by atoms with E-state index in [1.807, 2.05) is 6.33 Å². The molecule has 0 spiro atoms. The Bertz CT molecular complexity index is 318. The van der Waals surface area contributed by atoms with Crippen LogP contribution in [0.1, 0.15) is 57.3 Å². The third-order valence-electron chi connectivity index (χ3n) is 3.24. The van der Waals surface area contributed by atoms with Crippen LogP contribution < -0.4 is 5.73 Å². The summed E-state index contributed by atoms with van der Waals surface area (Å²) in [5.74, 6) is 1.64. The molecule has 0 bridgehead atoms. The van der Waals surface area contributed by atoms with Gasteiger partial charge in [-0.1, -0.05) is 6.42 Å². The van der Waals surface area contributed by atoms with Crippen LogP contribution in [0.2, 0.25) is 0 Å². The van der Waals surface area contributed by atoms with Crippen LogP contribution in [0, 0.1) is 0 Å². The quantitative estimate of drug-likeness (QED) is 0.807. The van der Waals surface area contributed by atoms with Gasteiger partial charge in [0, 0.05) is 18.0 Å². The molecule has 1 aliphatic rings. The fourth-order valence-electron chi connectivity index (χ4n) is 2.40. The van der Waals surface area contributed by atoms with Gasteiger partial charge in [0.2, 0.25) is 0 Å². The maximum Gasteiger partial charge on any atom is 0.136 e. The smallest absolute Gasteiger partial charge is 0.136 e. The molecule has 0 amide bonds. The van der Waals surface area contributed by atoms with Crippen molar-refractivity contribution in [2.45, 2.75) is 57.5 Å². The molecule has 0 aliphatic heterocycles. The molecule has 84 valence electrons. The third-order valence-corrected chi connectivity index (χ3v) is 3.24. The van der Waals surface area contributed by atoms with Gasteiger partial charge in [-0.15, -0.1) is 10.2 Å². The lowest BCUT2D eigenvalue weighted by Crippen LogP contribution is -2.28. The Labute approximate surface area is 90.9 Å². The lowest BCUT2D eigenvalue weighted by molar-refractivity contribution is 0.367. The second-order valence-corrected chi connectivity index (χ2v) is 4.81. The van der Waals surface area contributed by atoms with Crippen molar-refractivity contribution in [2.24, 2.45) is 5.73 Å². The first-order valence-corrected chi connectivity index (χ1v) is 5.83. The topological polar surface area (TPSA) is 56.7 Å². The van der Waals surface area contributed by atoms with Crippen molar-refractivity contribution >= 4 is 0 Å². The Balaban J connectivity index is 2.17. The molecule has 0 radical (unpaired) electrons. The molecule has 2 rings (SSSR count). The summed E-state index contributed by atoms with van der Waals surface area (Å²) in [5, 5.41) is 8.27. The summed E-state index contributed by atoms with van der Waals surface area (Å²) in [6, 6.07) is 0.786. The van der Waals surface area contributed by atoms with Gasteiger partial charge in [0.15, 0.2) is 0 Å². The second-order valence-electron chi connectivity index (χ2n) is 4.81. The Morgan fingerprint density at radius 2 is 2.27 bits per heavy atom. The van der Waals surface area contributed by atoms with Crippen molar-refractivity contribution in [3.63, 3.8) is 0 Å². The first-order chi connectivity index (χ1) is 7.18. The molecule has 2 N–H and O–H groups in total. The highest BCUT2D eigenvalue weighted by Crippen LogP contribution is 2.31. The minimum absolute atomic E-state index is 0.348. The molecule has 1 aromatic heterocycles. The van der Waals surface area contributed by atoms with Gasteiger partial charge in [0.1, 0.15) is 12.2 Å². The van der Waals surface area contributed by atoms with Crippen molar-refractivity contribution in [2.75, 3.05) is 0 Å². The molecule has 1 saturated carbocycles. The number of nitrogens with zero attached hydrogens (tertiary/aromatic N) is 3. The van der Waals surface area contributed by atoms with Crippen LogP contribution in [0.3, 0.4) is 0 Å². The summed E-state index contributed by atoms with van der Waals surface area (Å²) in [4.78, 5) is 0. The van der Waals surface area contributed by atoms with E-state index in [9.17, 15) is 0 Å². The highest BCUT2D eigenvalue weighted by molar-refractivity contribution is 5.00. The van der Waals surface area contributed by atoms with E-state index in [4.69, 9.17) is 5.73 Å². The molecular weight excluding hydrogens is 188 g/mol. The predicted molar refractivity (Wildman–Crippen MR) is 59.6 cm³/mol. The standard InChI is InChI=1S/C11H20N4/c1-8(2)15-7-13-14-11(15)9-4-3-5-10(12)6-9/h7-10H,3-6,12H2,1-2H3. The molecule has 1 fully saturated rings. The molecule has 0 saturated heterocycles. The summed E-state index contributed by atoms with van der Waals surface area (Å²) in [6.45, 7) is 4.32. The molecule has 0 aromatic carbocycles. The zero-order valence-electron chi connectivity index (χ0n) is 9.56. The summed E-state index contributed by atoms with van der Waals surface area (Å²) >= 11 is 0. The van der Waals surface area contributed by atoms with Crippen molar-refractivity contribution in [1.29, 1.82) is 0 Å². The van der Waals surface area contributed by atoms with Crippen molar-refractivity contribution in [3.05, 3.63) is 12.2 Å². The molecule has 1 aromatic rings. The second kappa shape index (κ2) is 4.31. The highest BCUT2D eigenvalue weighted by Gasteiger charge is 2.25. The number of aromatic nitrogens is 3. The summed E-state index contributed by atoms with van der Waals surface area (Å²) < 4.78 is 2.17. The number of nitrogens with two attached hydrogens (primary N) is 1. The van der Waals surface area contributed by atoms with Crippen molar-refractivity contribution in [1.82, 2.24) is 14.8 Å². The zero-order chi connectivity index (χ0) is 10.8. The molecule has 2 atom stereocenters. The number of hydrogen-bond donors (Lipinski definition) is 1. The van der Waals surface area contributed by atoms with Gasteiger partial charge in [-0.25, -0.2) is 0 Å². The van der Waals surface area contributed by atoms with E-state index in [1.54, 1.807) is 0 Å². The summed E-state index contributed by atoms with van der Waals surface area (Å²) in [7, 11) is 0. The van der Waals surface area contributed by atoms with Crippen LogP contribution in [0.15, 0.2) is 6.33 Å². The van der Waals surface area contributed by atoms with Crippen molar-refractivity contribution < 1.29 is 0 Å². The van der Waals surface area contributed by atoms with Crippen LogP contribution in [0.5, 0.6) is 0 Å². The molecule has 4 heteroatoms. The van der Waals surface area contributed by atoms with Gasteiger partial charge in [-0.3, -0.25) is 0 Å². The first-order valence-electron chi connectivity index (χ1n) is 5.83. The van der Waals surface area contributed by atoms with Gasteiger partial charge in [-0.2, -0.15) is 0 Å². The molecular formula is C11H20N4. The largest absolute Gasteiger partial charge is 0.328 e. The van der Waals surface area contributed by atoms with Gasteiger partial charge in [-0.05, 0) is 33.1 Å². The predicted octanol–water partition coefficient (Wildman–Crippen LogP) is 1.84. The van der Waals surface area contributed by atoms with Crippen LogP contribution in [-0.4, -0.2) is 20.8 Å². The average Bonchev–Trinajstić information content (AvgIpc) is 2.65. The maximum atomic E-state index is 6.00. The van der Waals surface area contributed by atoms with Crippen LogP contribution in [0.4, 0.5) is 0 Å². The van der Waals surface area contributed by atoms with E-state index in [0.29, 0.717) is 18.0 Å². The molecule has 4 nitrogen and oxygen atoms in total. The third kappa shape index (κ3) is 2.20. The Kier molecular flexibility index (Phi) is 3.05. The minimum atomic E-state index is 0.348. The number of hydrogen-bond acceptors (Lipinski definition) is 3. The highest BCUT2D eigenvalue weighted by atomic mass is 15.3. The zero-order valence-corrected chi connectivity index (χ0v) is 9.56. The normalized spacial score (nSPS) is 27.2. The summed E-state index contributed by atoms with van der Waals surface area (Å²) in [5.41, 5.74) is 6.00. The Hall–Kier alpha value is -0.900. The molecule has 15 heavy (non-hydrogen) atoms. The maximum absolute atomic E-state index is 6.00. The lowest BCUT2D eigenvalue weighted by atomic mass is 9.85. The molecule has 1 heterocycles. The van der Waals surface area contributed by atoms with Gasteiger partial charge in [0.05, 0.1) is 0 Å². The minimum Gasteiger partial charge on any atom is -0.328 e. The van der Waals surface area contributed by atoms with E-state index in [1.165, 1.54) is 12.8 Å². The summed E-state index contributed by atoms with van der Waals surface area (Å²) in [6.07, 6.45) is 6.48. The molecule has 1 aliphatic carbocycles. The van der Waals surface area contributed by atoms with Crippen LogP contribution in [0.25, 0.3) is 0 Å². The monoisotopic (exact) mass is 208 g/mol. The van der Waals surface area contributed by atoms with Gasteiger partial charge < -0.3 is 10.3 Å². The van der Waals surface area contributed by atoms with Crippen molar-refractivity contribution in [3.8, 4) is 0 Å². The van der Waals surface area contributed by atoms with E-state index >= 15 is 0 Å². The van der Waals surface area contributed by atoms with E-state index < -0.39 is 0 Å². The Morgan fingerprint density at radius 3 is 2.93 bits per heavy atom. The van der Waals surface area contributed by atoms with Crippen LogP contribution in [-0.2, 0) is 0 Å². The van der Waals surface area contributed by atoms with Gasteiger partial charge in [0.25, 0.3) is 0 Å². The van der Waals surface area contributed by atoms with Crippen LogP contribution >= 0.6 is 0 Å². The number of rotatable bonds is 2. The lowest BCUT2D eigenvalue weighted by Gasteiger charge is -2.26. The van der Waals surface area contributed by atoms with E-state index in [0.717, 1.165) is 18.7 Å². The SMILES string of the molecule is CC(C)n1cnnc1C1CCCC(N)C1. The first kappa shape index (κ1) is 10.6. The van der Waals surface area contributed by atoms with E-state index in [2.05, 4.69) is 28.6 Å². The van der Waals surface area contributed by atoms with E-state index in [-0.39, 0.29) is 0 Å². The average molecular weight is 208 g/mol. The Morgan fingerprint density at radius 1 is 1.47 bits per heavy atom. The fraction of sp³-hybridized carbons (Fsp3) is 0.818. The van der Waals surface area contributed by atoms with Gasteiger partial charge >= 0.3 is 0 Å².